The lowest BCUT2D eigenvalue weighted by molar-refractivity contribution is -0.137. The number of carbonyl (C=O) groups excluding carboxylic acids is 5. The lowest BCUT2D eigenvalue weighted by Crippen LogP contribution is -2.26. The van der Waals surface area contributed by atoms with Gasteiger partial charge in [-0.3, -0.25) is 24.0 Å². The second-order valence-electron chi connectivity index (χ2n) is 13.9. The topological polar surface area (TPSA) is 174 Å². The number of ether oxygens (including phenoxy) is 3. The van der Waals surface area contributed by atoms with E-state index in [2.05, 4.69) is 10.6 Å². The molecule has 0 rings (SSSR count). The number of unbranched alkanes of at least 4 members (excludes halogenated alkanes) is 13. The minimum atomic E-state index is -0.689. The van der Waals surface area contributed by atoms with E-state index in [9.17, 15) is 28.8 Å². The SMILES string of the molecule is CC(=O)CC[C@H](CC(=O)CCC(=O)NCCCOCCOCCOCCCNC(=O)CCCCCCCCCCCCCCCCC(=O)O)C(C)=O. The van der Waals surface area contributed by atoms with Gasteiger partial charge in [0, 0.05) is 70.7 Å². The zero-order chi connectivity index (χ0) is 38.5. The summed E-state index contributed by atoms with van der Waals surface area (Å²) in [5, 5.41) is 14.4. The summed E-state index contributed by atoms with van der Waals surface area (Å²) in [4.78, 5) is 69.5. The van der Waals surface area contributed by atoms with Gasteiger partial charge < -0.3 is 34.7 Å². The third-order valence-electron chi connectivity index (χ3n) is 8.89. The standard InChI is InChI=1S/C40H72N2O10/c1-34(43)21-22-36(35(2)44)33-37(45)23-24-39(47)42-26-18-28-51-30-32-52-31-29-50-27-17-25-41-38(46)19-15-13-11-9-7-5-3-4-6-8-10-12-14-16-20-40(48)49/h36H,3-33H2,1-2H3,(H,41,46)(H,42,47)(H,48,49)/t36-/m1/s1. The molecule has 52 heavy (non-hydrogen) atoms. The van der Waals surface area contributed by atoms with Gasteiger partial charge >= 0.3 is 5.97 Å². The van der Waals surface area contributed by atoms with Crippen LogP contribution in [0.1, 0.15) is 162 Å². The van der Waals surface area contributed by atoms with E-state index >= 15 is 0 Å². The average molecular weight is 741 g/mol. The third-order valence-corrected chi connectivity index (χ3v) is 8.89. The van der Waals surface area contributed by atoms with Gasteiger partial charge in [0.25, 0.3) is 0 Å². The smallest absolute Gasteiger partial charge is 0.303 e. The van der Waals surface area contributed by atoms with E-state index in [0.717, 1.165) is 38.5 Å². The summed E-state index contributed by atoms with van der Waals surface area (Å²) in [6.07, 6.45) is 19.5. The average Bonchev–Trinajstić information content (AvgIpc) is 3.10. The lowest BCUT2D eigenvalue weighted by Gasteiger charge is -2.12. The second-order valence-corrected chi connectivity index (χ2v) is 13.9. The molecule has 0 unspecified atom stereocenters. The van der Waals surface area contributed by atoms with Crippen LogP contribution in [0.2, 0.25) is 0 Å². The van der Waals surface area contributed by atoms with Crippen LogP contribution in [0.3, 0.4) is 0 Å². The number of Topliss-reactive ketones (excluding diaryl/α,β-unsaturated/α-hetero) is 3. The van der Waals surface area contributed by atoms with E-state index in [1.165, 1.54) is 71.6 Å². The summed E-state index contributed by atoms with van der Waals surface area (Å²) in [6, 6.07) is 0. The highest BCUT2D eigenvalue weighted by Crippen LogP contribution is 2.16. The normalized spacial score (nSPS) is 11.7. The molecule has 0 aromatic heterocycles. The predicted molar refractivity (Wildman–Crippen MR) is 202 cm³/mol. The highest BCUT2D eigenvalue weighted by molar-refractivity contribution is 5.89. The molecule has 0 fully saturated rings. The summed E-state index contributed by atoms with van der Waals surface area (Å²) in [7, 11) is 0. The van der Waals surface area contributed by atoms with Gasteiger partial charge in [-0.2, -0.15) is 0 Å². The second kappa shape index (κ2) is 36.6. The number of aliphatic carboxylic acids is 1. The summed E-state index contributed by atoms with van der Waals surface area (Å²) in [5.74, 6) is -1.51. The van der Waals surface area contributed by atoms with E-state index in [1.54, 1.807) is 0 Å². The molecule has 12 nitrogen and oxygen atoms in total. The van der Waals surface area contributed by atoms with Gasteiger partial charge in [0.1, 0.15) is 17.3 Å². The molecule has 3 N–H and O–H groups in total. The molecule has 302 valence electrons. The Balaban J connectivity index is 3.38. The molecule has 0 saturated carbocycles. The van der Waals surface area contributed by atoms with E-state index in [4.69, 9.17) is 19.3 Å². The van der Waals surface area contributed by atoms with Crippen LogP contribution in [-0.4, -0.2) is 93.0 Å². The van der Waals surface area contributed by atoms with E-state index in [1.807, 2.05) is 0 Å². The molecule has 0 aliphatic rings. The van der Waals surface area contributed by atoms with Gasteiger partial charge in [0.15, 0.2) is 0 Å². The molecule has 0 saturated heterocycles. The number of carboxylic acids is 1. The molecular weight excluding hydrogens is 668 g/mol. The van der Waals surface area contributed by atoms with Crippen molar-refractivity contribution in [3.05, 3.63) is 0 Å². The van der Waals surface area contributed by atoms with Crippen LogP contribution in [0, 0.1) is 5.92 Å². The fourth-order valence-electron chi connectivity index (χ4n) is 5.66. The van der Waals surface area contributed by atoms with E-state index in [-0.39, 0.29) is 54.8 Å². The minimum Gasteiger partial charge on any atom is -0.481 e. The fraction of sp³-hybridized carbons (Fsp3) is 0.850. The maximum Gasteiger partial charge on any atom is 0.303 e. The van der Waals surface area contributed by atoms with Crippen LogP contribution in [0.25, 0.3) is 0 Å². The maximum absolute atomic E-state index is 12.2. The zero-order valence-corrected chi connectivity index (χ0v) is 32.6. The first kappa shape index (κ1) is 49.3. The molecule has 0 radical (unpaired) electrons. The molecular formula is C40H72N2O10. The largest absolute Gasteiger partial charge is 0.481 e. The molecule has 0 bridgehead atoms. The van der Waals surface area contributed by atoms with Crippen LogP contribution in [-0.2, 0) is 43.0 Å². The summed E-state index contributed by atoms with van der Waals surface area (Å²) in [6.45, 7) is 6.82. The van der Waals surface area contributed by atoms with Crippen molar-refractivity contribution in [3.63, 3.8) is 0 Å². The third kappa shape index (κ3) is 37.1. The number of hydrogen-bond donors (Lipinski definition) is 3. The summed E-state index contributed by atoms with van der Waals surface area (Å²) >= 11 is 0. The minimum absolute atomic E-state index is 0.00963. The number of carboxylic acid groups (broad SMARTS) is 1. The highest BCUT2D eigenvalue weighted by Gasteiger charge is 2.19. The Labute approximate surface area is 313 Å². The van der Waals surface area contributed by atoms with Crippen molar-refractivity contribution >= 4 is 35.1 Å². The van der Waals surface area contributed by atoms with Gasteiger partial charge in [0.05, 0.1) is 26.4 Å². The van der Waals surface area contributed by atoms with Crippen molar-refractivity contribution in [2.45, 2.75) is 162 Å². The first-order valence-electron chi connectivity index (χ1n) is 20.1. The number of ketones is 3. The fourth-order valence-corrected chi connectivity index (χ4v) is 5.66. The molecule has 1 atom stereocenters. The Hall–Kier alpha value is -2.70. The van der Waals surface area contributed by atoms with Crippen LogP contribution < -0.4 is 10.6 Å². The quantitative estimate of drug-likeness (QED) is 0.0575. The van der Waals surface area contributed by atoms with Crippen LogP contribution >= 0.6 is 0 Å². The van der Waals surface area contributed by atoms with Crippen LogP contribution in [0.5, 0.6) is 0 Å². The predicted octanol–water partition coefficient (Wildman–Crippen LogP) is 6.69. The Bertz CT molecular complexity index is 959. The Morgan fingerprint density at radius 2 is 0.885 bits per heavy atom. The molecule has 2 amide bonds. The number of nitrogens with one attached hydrogen (secondary N) is 2. The summed E-state index contributed by atoms with van der Waals surface area (Å²) in [5.41, 5.74) is 0. The van der Waals surface area contributed by atoms with E-state index < -0.39 is 11.9 Å². The molecule has 12 heteroatoms. The first-order chi connectivity index (χ1) is 25.1. The summed E-state index contributed by atoms with van der Waals surface area (Å²) < 4.78 is 16.6. The number of hydrogen-bond acceptors (Lipinski definition) is 9. The number of amides is 2. The van der Waals surface area contributed by atoms with Gasteiger partial charge in [0.2, 0.25) is 11.8 Å². The van der Waals surface area contributed by atoms with Crippen molar-refractivity contribution in [3.8, 4) is 0 Å². The Morgan fingerprint density at radius 3 is 1.31 bits per heavy atom. The van der Waals surface area contributed by atoms with Crippen molar-refractivity contribution in [1.29, 1.82) is 0 Å². The zero-order valence-electron chi connectivity index (χ0n) is 32.6. The van der Waals surface area contributed by atoms with Gasteiger partial charge in [-0.25, -0.2) is 0 Å². The highest BCUT2D eigenvalue weighted by atomic mass is 16.5. The van der Waals surface area contributed by atoms with Crippen LogP contribution in [0.15, 0.2) is 0 Å². The van der Waals surface area contributed by atoms with Crippen molar-refractivity contribution < 1.29 is 48.1 Å². The Kier molecular flexibility index (Phi) is 34.7. The number of rotatable bonds is 40. The first-order valence-corrected chi connectivity index (χ1v) is 20.1. The van der Waals surface area contributed by atoms with Gasteiger partial charge in [-0.1, -0.05) is 77.0 Å². The van der Waals surface area contributed by atoms with Gasteiger partial charge in [-0.05, 0) is 46.0 Å². The lowest BCUT2D eigenvalue weighted by atomic mass is 9.91. The van der Waals surface area contributed by atoms with Crippen molar-refractivity contribution in [2.24, 2.45) is 5.92 Å². The Morgan fingerprint density at radius 1 is 0.481 bits per heavy atom. The van der Waals surface area contributed by atoms with Crippen molar-refractivity contribution in [1.82, 2.24) is 10.6 Å². The molecule has 0 aliphatic heterocycles. The molecule has 0 aromatic carbocycles. The van der Waals surface area contributed by atoms with Crippen molar-refractivity contribution in [2.75, 3.05) is 52.7 Å². The van der Waals surface area contributed by atoms with Crippen LogP contribution in [0.4, 0.5) is 0 Å². The maximum atomic E-state index is 12.2. The van der Waals surface area contributed by atoms with E-state index in [0.29, 0.717) is 78.4 Å². The number of carbonyl (C=O) groups is 6. The molecule has 0 aliphatic carbocycles. The van der Waals surface area contributed by atoms with Gasteiger partial charge in [-0.15, -0.1) is 0 Å². The monoisotopic (exact) mass is 741 g/mol. The molecule has 0 aromatic rings. The molecule has 0 spiro atoms. The molecule has 0 heterocycles.